The third-order valence-corrected chi connectivity index (χ3v) is 1.49. The molecular weight excluding hydrogens is 140 g/mol. The number of carbonyl (C=O) groups excluding carboxylic acids is 1. The van der Waals surface area contributed by atoms with Gasteiger partial charge in [0.1, 0.15) is 0 Å². The standard InChI is InChI=1S/C5H9ClN2O/c6-5(9)8-4-1-2-7-3-4/h4,7H,1-3H2,(H,8,9)/t4-/m1/s1. The van der Waals surface area contributed by atoms with Crippen LogP contribution in [0.15, 0.2) is 0 Å². The summed E-state index contributed by atoms with van der Waals surface area (Å²) in [6.07, 6.45) is 0.985. The molecule has 2 N–H and O–H groups in total. The summed E-state index contributed by atoms with van der Waals surface area (Å²) in [6, 6.07) is 0.245. The van der Waals surface area contributed by atoms with Crippen LogP contribution in [0.5, 0.6) is 0 Å². The molecule has 0 aromatic heterocycles. The third kappa shape index (κ3) is 2.20. The molecule has 4 heteroatoms. The lowest BCUT2D eigenvalue weighted by atomic mass is 10.3. The van der Waals surface area contributed by atoms with E-state index in [0.717, 1.165) is 19.5 Å². The van der Waals surface area contributed by atoms with Crippen molar-refractivity contribution < 1.29 is 4.79 Å². The quantitative estimate of drug-likeness (QED) is 0.415. The van der Waals surface area contributed by atoms with E-state index in [1.165, 1.54) is 0 Å². The maximum Gasteiger partial charge on any atom is 0.314 e. The van der Waals surface area contributed by atoms with E-state index in [0.29, 0.717) is 0 Å². The van der Waals surface area contributed by atoms with Crippen molar-refractivity contribution in [3.05, 3.63) is 0 Å². The minimum Gasteiger partial charge on any atom is -0.339 e. The van der Waals surface area contributed by atoms with Crippen LogP contribution in [0.4, 0.5) is 4.79 Å². The van der Waals surface area contributed by atoms with Crippen LogP contribution in [0.1, 0.15) is 6.42 Å². The van der Waals surface area contributed by atoms with E-state index in [9.17, 15) is 4.79 Å². The Morgan fingerprint density at radius 3 is 3.00 bits per heavy atom. The van der Waals surface area contributed by atoms with Crippen molar-refractivity contribution in [3.8, 4) is 0 Å². The number of carbonyl (C=O) groups is 1. The van der Waals surface area contributed by atoms with Crippen LogP contribution in [-0.2, 0) is 0 Å². The summed E-state index contributed by atoms with van der Waals surface area (Å²) < 4.78 is 0. The number of amides is 1. The van der Waals surface area contributed by atoms with Crippen LogP contribution >= 0.6 is 11.6 Å². The lowest BCUT2D eigenvalue weighted by molar-refractivity contribution is 0.257. The topological polar surface area (TPSA) is 41.1 Å². The molecule has 0 unspecified atom stereocenters. The summed E-state index contributed by atoms with van der Waals surface area (Å²) in [7, 11) is 0. The summed E-state index contributed by atoms with van der Waals surface area (Å²) in [6.45, 7) is 1.82. The summed E-state index contributed by atoms with van der Waals surface area (Å²) in [5, 5.41) is 5.26. The van der Waals surface area contributed by atoms with Gasteiger partial charge < -0.3 is 10.6 Å². The van der Waals surface area contributed by atoms with Gasteiger partial charge in [0.05, 0.1) is 0 Å². The first-order valence-corrected chi connectivity index (χ1v) is 3.33. The molecular formula is C5H9ClN2O. The van der Waals surface area contributed by atoms with Gasteiger partial charge in [-0.15, -0.1) is 0 Å². The lowest BCUT2D eigenvalue weighted by Gasteiger charge is -2.05. The highest BCUT2D eigenvalue weighted by molar-refractivity contribution is 6.62. The van der Waals surface area contributed by atoms with Crippen molar-refractivity contribution in [3.63, 3.8) is 0 Å². The summed E-state index contributed by atoms with van der Waals surface area (Å²) in [4.78, 5) is 10.2. The third-order valence-electron chi connectivity index (χ3n) is 1.38. The first-order valence-electron chi connectivity index (χ1n) is 2.96. The maximum absolute atomic E-state index is 10.2. The maximum atomic E-state index is 10.2. The van der Waals surface area contributed by atoms with E-state index in [1.54, 1.807) is 0 Å². The van der Waals surface area contributed by atoms with Crippen LogP contribution in [0.3, 0.4) is 0 Å². The summed E-state index contributed by atoms with van der Waals surface area (Å²) in [5.41, 5.74) is 0. The highest BCUT2D eigenvalue weighted by atomic mass is 35.5. The molecule has 1 rings (SSSR count). The molecule has 1 aliphatic rings. The molecule has 52 valence electrons. The van der Waals surface area contributed by atoms with Crippen LogP contribution in [-0.4, -0.2) is 24.5 Å². The highest BCUT2D eigenvalue weighted by Gasteiger charge is 2.14. The number of hydrogen-bond donors (Lipinski definition) is 2. The van der Waals surface area contributed by atoms with Gasteiger partial charge >= 0.3 is 5.37 Å². The zero-order chi connectivity index (χ0) is 6.69. The second kappa shape index (κ2) is 3.03. The molecule has 0 aliphatic carbocycles. The van der Waals surface area contributed by atoms with Gasteiger partial charge in [-0.05, 0) is 24.6 Å². The Morgan fingerprint density at radius 1 is 1.78 bits per heavy atom. The van der Waals surface area contributed by atoms with E-state index in [4.69, 9.17) is 11.6 Å². The SMILES string of the molecule is O=C(Cl)N[C@@H]1CCNC1. The van der Waals surface area contributed by atoms with Crippen molar-refractivity contribution in [1.82, 2.24) is 10.6 Å². The molecule has 1 aliphatic heterocycles. The minimum absolute atomic E-state index is 0.245. The minimum atomic E-state index is -0.455. The van der Waals surface area contributed by atoms with E-state index < -0.39 is 5.37 Å². The van der Waals surface area contributed by atoms with Crippen LogP contribution in [0.2, 0.25) is 0 Å². The molecule has 0 radical (unpaired) electrons. The largest absolute Gasteiger partial charge is 0.339 e. The molecule has 0 aromatic carbocycles. The Kier molecular flexibility index (Phi) is 2.30. The number of halogens is 1. The molecule has 1 fully saturated rings. The normalized spacial score (nSPS) is 26.1. The van der Waals surface area contributed by atoms with Crippen LogP contribution < -0.4 is 10.6 Å². The number of hydrogen-bond acceptors (Lipinski definition) is 2. The fourth-order valence-electron chi connectivity index (χ4n) is 0.938. The Hall–Kier alpha value is -0.280. The zero-order valence-electron chi connectivity index (χ0n) is 4.98. The number of nitrogens with one attached hydrogen (secondary N) is 2. The molecule has 1 saturated heterocycles. The molecule has 1 amide bonds. The molecule has 0 aromatic rings. The average Bonchev–Trinajstić information content (AvgIpc) is 2.15. The monoisotopic (exact) mass is 148 g/mol. The van der Waals surface area contributed by atoms with Crippen LogP contribution in [0.25, 0.3) is 0 Å². The lowest BCUT2D eigenvalue weighted by Crippen LogP contribution is -2.32. The van der Waals surface area contributed by atoms with Gasteiger partial charge in [0.25, 0.3) is 0 Å². The molecule has 0 saturated carbocycles. The molecule has 1 heterocycles. The zero-order valence-corrected chi connectivity index (χ0v) is 5.74. The highest BCUT2D eigenvalue weighted by Crippen LogP contribution is 1.97. The van der Waals surface area contributed by atoms with Gasteiger partial charge in [0.2, 0.25) is 0 Å². The van der Waals surface area contributed by atoms with Crippen molar-refractivity contribution >= 4 is 17.0 Å². The predicted octanol–water partition coefficient (Wildman–Crippen LogP) is 0.297. The molecule has 3 nitrogen and oxygen atoms in total. The van der Waals surface area contributed by atoms with Crippen LogP contribution in [0, 0.1) is 0 Å². The van der Waals surface area contributed by atoms with Crippen molar-refractivity contribution in [2.24, 2.45) is 0 Å². The van der Waals surface area contributed by atoms with E-state index >= 15 is 0 Å². The Balaban J connectivity index is 2.19. The van der Waals surface area contributed by atoms with Crippen molar-refractivity contribution in [1.29, 1.82) is 0 Å². The number of rotatable bonds is 1. The van der Waals surface area contributed by atoms with Gasteiger partial charge in [-0.3, -0.25) is 4.79 Å². The molecule has 0 bridgehead atoms. The average molecular weight is 149 g/mol. The van der Waals surface area contributed by atoms with Gasteiger partial charge in [0, 0.05) is 12.6 Å². The Morgan fingerprint density at radius 2 is 2.56 bits per heavy atom. The Labute approximate surface area is 58.8 Å². The predicted molar refractivity (Wildman–Crippen MR) is 35.7 cm³/mol. The van der Waals surface area contributed by atoms with Gasteiger partial charge in [-0.2, -0.15) is 0 Å². The van der Waals surface area contributed by atoms with Crippen molar-refractivity contribution in [2.45, 2.75) is 12.5 Å². The smallest absolute Gasteiger partial charge is 0.314 e. The van der Waals surface area contributed by atoms with Crippen molar-refractivity contribution in [2.75, 3.05) is 13.1 Å². The fraction of sp³-hybridized carbons (Fsp3) is 0.800. The van der Waals surface area contributed by atoms with Gasteiger partial charge in [0.15, 0.2) is 0 Å². The molecule has 0 spiro atoms. The van der Waals surface area contributed by atoms with Gasteiger partial charge in [-0.25, -0.2) is 0 Å². The summed E-state index contributed by atoms with van der Waals surface area (Å²) in [5.74, 6) is 0. The summed E-state index contributed by atoms with van der Waals surface area (Å²) >= 11 is 5.08. The van der Waals surface area contributed by atoms with E-state index in [2.05, 4.69) is 10.6 Å². The first-order chi connectivity index (χ1) is 4.29. The van der Waals surface area contributed by atoms with E-state index in [1.807, 2.05) is 0 Å². The second-order valence-electron chi connectivity index (χ2n) is 2.11. The molecule has 1 atom stereocenters. The fourth-order valence-corrected chi connectivity index (χ4v) is 1.09. The second-order valence-corrected chi connectivity index (χ2v) is 2.45. The molecule has 9 heavy (non-hydrogen) atoms. The van der Waals surface area contributed by atoms with E-state index in [-0.39, 0.29) is 6.04 Å². The Bertz CT molecular complexity index is 112. The van der Waals surface area contributed by atoms with Gasteiger partial charge in [-0.1, -0.05) is 0 Å². The first kappa shape index (κ1) is 6.83.